The monoisotopic (exact) mass is 625 g/mol. The summed E-state index contributed by atoms with van der Waals surface area (Å²) in [4.78, 5) is 41.1. The van der Waals surface area contributed by atoms with Crippen molar-refractivity contribution in [2.45, 2.75) is 95.6 Å². The second kappa shape index (κ2) is 16.4. The highest BCUT2D eigenvalue weighted by atomic mass is 16.3. The molecule has 244 valence electrons. The summed E-state index contributed by atoms with van der Waals surface area (Å²) in [6, 6.07) is 24.5. The zero-order valence-corrected chi connectivity index (χ0v) is 26.7. The Hall–Kier alpha value is -4.21. The number of hydrogen-bond acceptors (Lipinski definition) is 6. The molecule has 1 aliphatic carbocycles. The molecule has 3 unspecified atom stereocenters. The molecule has 3 atom stereocenters. The van der Waals surface area contributed by atoms with Crippen LogP contribution in [0.1, 0.15) is 79.8 Å². The molecule has 2 fully saturated rings. The Morgan fingerprint density at radius 2 is 1.61 bits per heavy atom. The normalized spacial score (nSPS) is 17.3. The molecular formula is C37H47N5O4. The van der Waals surface area contributed by atoms with Gasteiger partial charge in [-0.25, -0.2) is 0 Å². The van der Waals surface area contributed by atoms with E-state index in [4.69, 9.17) is 0 Å². The van der Waals surface area contributed by atoms with Crippen molar-refractivity contribution in [3.05, 3.63) is 95.6 Å². The van der Waals surface area contributed by atoms with Crippen molar-refractivity contribution in [2.75, 3.05) is 16.8 Å². The first-order valence-electron chi connectivity index (χ1n) is 16.7. The number of benzene rings is 3. The summed E-state index contributed by atoms with van der Waals surface area (Å²) >= 11 is 0. The molecule has 1 saturated carbocycles. The minimum Gasteiger partial charge on any atom is -0.381 e. The average molecular weight is 626 g/mol. The number of carbonyl (C=O) groups is 3. The molecule has 3 aromatic rings. The Labute approximate surface area is 272 Å². The topological polar surface area (TPSA) is 123 Å². The van der Waals surface area contributed by atoms with Crippen LogP contribution in [0.15, 0.2) is 78.9 Å². The van der Waals surface area contributed by atoms with E-state index in [-0.39, 0.29) is 30.2 Å². The van der Waals surface area contributed by atoms with Gasteiger partial charge in [-0.3, -0.25) is 19.7 Å². The highest BCUT2D eigenvalue weighted by Crippen LogP contribution is 2.27. The zero-order chi connectivity index (χ0) is 32.3. The second-order valence-corrected chi connectivity index (χ2v) is 12.6. The van der Waals surface area contributed by atoms with Crippen LogP contribution in [-0.4, -0.2) is 53.7 Å². The number of hydrogen-bond donors (Lipinski definition) is 5. The fraction of sp³-hybridized carbons (Fsp3) is 0.432. The minimum absolute atomic E-state index is 0.0457. The van der Waals surface area contributed by atoms with Gasteiger partial charge in [0.05, 0.1) is 6.04 Å². The number of carbonyl (C=O) groups excluding carboxylic acids is 3. The lowest BCUT2D eigenvalue weighted by molar-refractivity contribution is -0.124. The summed E-state index contributed by atoms with van der Waals surface area (Å²) in [5.74, 6) is -0.379. The van der Waals surface area contributed by atoms with Crippen molar-refractivity contribution < 1.29 is 19.5 Å². The van der Waals surface area contributed by atoms with Crippen LogP contribution in [0.3, 0.4) is 0 Å². The molecule has 5 rings (SSSR count). The SMILES string of the molecule is CC(NC(O)CC(Cc1ccccc1)NC(=O)c1cc(NCc2ccccc2)cc(N2CCCC2=O)c1)C(=O)NC1CCCCC1. The first-order chi connectivity index (χ1) is 22.3. The first kappa shape index (κ1) is 33.2. The summed E-state index contributed by atoms with van der Waals surface area (Å²) in [5, 5.41) is 23.7. The maximum atomic E-state index is 13.8. The molecule has 3 aromatic carbocycles. The molecule has 2 aliphatic rings. The van der Waals surface area contributed by atoms with Crippen molar-refractivity contribution in [3.8, 4) is 0 Å². The first-order valence-corrected chi connectivity index (χ1v) is 16.7. The summed E-state index contributed by atoms with van der Waals surface area (Å²) in [6.07, 6.45) is 6.38. The fourth-order valence-electron chi connectivity index (χ4n) is 6.36. The number of aliphatic hydroxyl groups is 1. The lowest BCUT2D eigenvalue weighted by atomic mass is 9.95. The summed E-state index contributed by atoms with van der Waals surface area (Å²) < 4.78 is 0. The van der Waals surface area contributed by atoms with Gasteiger partial charge in [0, 0.05) is 55.0 Å². The Morgan fingerprint density at radius 1 is 0.913 bits per heavy atom. The van der Waals surface area contributed by atoms with Crippen molar-refractivity contribution in [1.82, 2.24) is 16.0 Å². The third-order valence-electron chi connectivity index (χ3n) is 8.86. The van der Waals surface area contributed by atoms with Crippen LogP contribution in [0.4, 0.5) is 11.4 Å². The molecule has 0 spiro atoms. The molecule has 0 radical (unpaired) electrons. The highest BCUT2D eigenvalue weighted by Gasteiger charge is 2.26. The Balaban J connectivity index is 1.29. The number of amides is 3. The average Bonchev–Trinajstić information content (AvgIpc) is 3.50. The van der Waals surface area contributed by atoms with Crippen LogP contribution in [0, 0.1) is 0 Å². The Kier molecular flexibility index (Phi) is 11.8. The van der Waals surface area contributed by atoms with E-state index in [0.29, 0.717) is 37.2 Å². The number of rotatable bonds is 14. The lowest BCUT2D eigenvalue weighted by Gasteiger charge is -2.27. The van der Waals surface area contributed by atoms with Gasteiger partial charge in [-0.2, -0.15) is 0 Å². The van der Waals surface area contributed by atoms with Crippen LogP contribution in [0.25, 0.3) is 0 Å². The second-order valence-electron chi connectivity index (χ2n) is 12.6. The van der Waals surface area contributed by atoms with E-state index >= 15 is 0 Å². The van der Waals surface area contributed by atoms with Gasteiger partial charge in [-0.15, -0.1) is 0 Å². The van der Waals surface area contributed by atoms with Crippen molar-refractivity contribution >= 4 is 29.1 Å². The van der Waals surface area contributed by atoms with Crippen LogP contribution >= 0.6 is 0 Å². The van der Waals surface area contributed by atoms with Gasteiger partial charge in [0.25, 0.3) is 5.91 Å². The minimum atomic E-state index is -1.02. The van der Waals surface area contributed by atoms with Gasteiger partial charge in [-0.05, 0) is 61.9 Å². The summed E-state index contributed by atoms with van der Waals surface area (Å²) in [7, 11) is 0. The molecule has 9 nitrogen and oxygen atoms in total. The zero-order valence-electron chi connectivity index (χ0n) is 26.7. The maximum absolute atomic E-state index is 13.8. The number of anilines is 2. The molecule has 46 heavy (non-hydrogen) atoms. The van der Waals surface area contributed by atoms with Crippen LogP contribution in [0.5, 0.6) is 0 Å². The van der Waals surface area contributed by atoms with Gasteiger partial charge >= 0.3 is 0 Å². The summed E-state index contributed by atoms with van der Waals surface area (Å²) in [5.41, 5.74) is 3.97. The molecule has 1 heterocycles. The smallest absolute Gasteiger partial charge is 0.251 e. The molecule has 3 amide bonds. The molecule has 0 bridgehead atoms. The maximum Gasteiger partial charge on any atom is 0.251 e. The molecule has 0 aromatic heterocycles. The van der Waals surface area contributed by atoms with Crippen molar-refractivity contribution in [1.29, 1.82) is 0 Å². The largest absolute Gasteiger partial charge is 0.381 e. The molecule has 1 aliphatic heterocycles. The summed E-state index contributed by atoms with van der Waals surface area (Å²) in [6.45, 7) is 2.94. The fourth-order valence-corrected chi connectivity index (χ4v) is 6.36. The number of nitrogens with one attached hydrogen (secondary N) is 4. The quantitative estimate of drug-likeness (QED) is 0.163. The van der Waals surface area contributed by atoms with E-state index in [2.05, 4.69) is 21.3 Å². The predicted octanol–water partition coefficient (Wildman–Crippen LogP) is 4.90. The van der Waals surface area contributed by atoms with Gasteiger partial charge in [-0.1, -0.05) is 79.9 Å². The number of nitrogens with zero attached hydrogens (tertiary/aromatic N) is 1. The van der Waals surface area contributed by atoms with Crippen LogP contribution < -0.4 is 26.2 Å². The van der Waals surface area contributed by atoms with Crippen molar-refractivity contribution in [3.63, 3.8) is 0 Å². The third kappa shape index (κ3) is 9.64. The lowest BCUT2D eigenvalue weighted by Crippen LogP contribution is -2.51. The standard InChI is InChI=1S/C37H47N5O4/c1-26(36(45)40-30-16-9-4-10-17-30)39-34(43)24-32(20-27-12-5-2-6-13-27)41-37(46)29-21-31(38-25-28-14-7-3-8-15-28)23-33(22-29)42-19-11-18-35(42)44/h2-3,5-8,12-15,21-23,26,30,32,34,38-39,43H,4,9-11,16-20,24-25H2,1H3,(H,40,45)(H,41,46). The van der Waals surface area contributed by atoms with Crippen molar-refractivity contribution in [2.24, 2.45) is 0 Å². The third-order valence-corrected chi connectivity index (χ3v) is 8.86. The van der Waals surface area contributed by atoms with E-state index in [1.54, 1.807) is 24.0 Å². The number of aliphatic hydroxyl groups excluding tert-OH is 1. The van der Waals surface area contributed by atoms with Gasteiger partial charge in [0.2, 0.25) is 11.8 Å². The van der Waals surface area contributed by atoms with Gasteiger partial charge in [0.15, 0.2) is 0 Å². The van der Waals surface area contributed by atoms with E-state index in [0.717, 1.165) is 48.9 Å². The van der Waals surface area contributed by atoms with E-state index in [1.165, 1.54) is 6.42 Å². The molecule has 9 heteroatoms. The molecule has 1 saturated heterocycles. The molecule has 5 N–H and O–H groups in total. The van der Waals surface area contributed by atoms with E-state index < -0.39 is 18.3 Å². The molecular weight excluding hydrogens is 578 g/mol. The predicted molar refractivity (Wildman–Crippen MR) is 181 cm³/mol. The van der Waals surface area contributed by atoms with Crippen LogP contribution in [0.2, 0.25) is 0 Å². The van der Waals surface area contributed by atoms with Crippen LogP contribution in [-0.2, 0) is 22.6 Å². The van der Waals surface area contributed by atoms with Gasteiger partial charge < -0.3 is 26.0 Å². The Morgan fingerprint density at radius 3 is 2.28 bits per heavy atom. The van der Waals surface area contributed by atoms with Gasteiger partial charge in [0.1, 0.15) is 6.23 Å². The highest BCUT2D eigenvalue weighted by molar-refractivity contribution is 6.00. The van der Waals surface area contributed by atoms with E-state index in [1.807, 2.05) is 66.7 Å². The van der Waals surface area contributed by atoms with E-state index in [9.17, 15) is 19.5 Å². The Bertz CT molecular complexity index is 1440.